The number of ether oxygens (including phenoxy) is 1. The molecule has 5 heteroatoms. The topological polar surface area (TPSA) is 64.3 Å². The van der Waals surface area contributed by atoms with E-state index in [1.807, 2.05) is 18.2 Å². The van der Waals surface area contributed by atoms with Gasteiger partial charge in [-0.25, -0.2) is 0 Å². The van der Waals surface area contributed by atoms with E-state index in [9.17, 15) is 4.79 Å². The van der Waals surface area contributed by atoms with E-state index in [-0.39, 0.29) is 0 Å². The molecule has 18 heavy (non-hydrogen) atoms. The number of nitrogens with one attached hydrogen (secondary N) is 1. The maximum atomic E-state index is 11.0. The van der Waals surface area contributed by atoms with Gasteiger partial charge in [-0.2, -0.15) is 0 Å². The second kappa shape index (κ2) is 5.71. The van der Waals surface area contributed by atoms with Crippen LogP contribution in [0, 0.1) is 0 Å². The molecular formula is C13H17BrN2O2. The smallest absolute Gasteiger partial charge is 0.258 e. The Morgan fingerprint density at radius 3 is 2.94 bits per heavy atom. The quantitative estimate of drug-likeness (QED) is 0.844. The van der Waals surface area contributed by atoms with Crippen LogP contribution < -0.4 is 15.8 Å². The number of carbonyl (C=O) groups is 1. The van der Waals surface area contributed by atoms with Crippen molar-refractivity contribution in [1.82, 2.24) is 5.32 Å². The Balaban J connectivity index is 2.02. The van der Waals surface area contributed by atoms with Gasteiger partial charge in [0.25, 0.3) is 5.91 Å². The summed E-state index contributed by atoms with van der Waals surface area (Å²) in [6.07, 6.45) is 1.90. The molecule has 0 spiro atoms. The van der Waals surface area contributed by atoms with Crippen LogP contribution in [-0.4, -0.2) is 18.1 Å². The van der Waals surface area contributed by atoms with Crippen LogP contribution in [0.25, 0.3) is 0 Å². The largest absolute Gasteiger partial charge is 0.481 e. The van der Waals surface area contributed by atoms with Crippen LogP contribution in [0.2, 0.25) is 0 Å². The minimum Gasteiger partial charge on any atom is -0.481 e. The molecule has 0 aliphatic heterocycles. The van der Waals surface area contributed by atoms with Crippen molar-refractivity contribution in [3.8, 4) is 5.75 Å². The van der Waals surface area contributed by atoms with Crippen molar-refractivity contribution in [3.63, 3.8) is 0 Å². The first kappa shape index (κ1) is 13.4. The molecule has 98 valence electrons. The third kappa shape index (κ3) is 3.71. The normalized spacial score (nSPS) is 16.3. The Hall–Kier alpha value is -1.07. The first-order valence-corrected chi connectivity index (χ1v) is 6.83. The molecule has 2 rings (SSSR count). The molecule has 0 heterocycles. The zero-order valence-corrected chi connectivity index (χ0v) is 11.9. The number of hydrogen-bond donors (Lipinski definition) is 2. The Morgan fingerprint density at radius 2 is 2.33 bits per heavy atom. The molecule has 0 bridgehead atoms. The molecule has 1 aromatic rings. The fourth-order valence-corrected chi connectivity index (χ4v) is 1.95. The fourth-order valence-electron chi connectivity index (χ4n) is 1.56. The highest BCUT2D eigenvalue weighted by Crippen LogP contribution is 2.25. The molecule has 1 fully saturated rings. The predicted molar refractivity (Wildman–Crippen MR) is 73.3 cm³/mol. The Kier molecular flexibility index (Phi) is 4.24. The average Bonchev–Trinajstić information content (AvgIpc) is 3.13. The van der Waals surface area contributed by atoms with Crippen LogP contribution in [0.1, 0.15) is 25.3 Å². The van der Waals surface area contributed by atoms with Crippen molar-refractivity contribution in [2.24, 2.45) is 5.73 Å². The predicted octanol–water partition coefficient (Wildman–Crippen LogP) is 1.95. The first-order valence-electron chi connectivity index (χ1n) is 6.04. The Bertz CT molecular complexity index is 447. The molecule has 1 atom stereocenters. The number of hydrogen-bond acceptors (Lipinski definition) is 3. The van der Waals surface area contributed by atoms with E-state index in [2.05, 4.69) is 21.2 Å². The van der Waals surface area contributed by atoms with E-state index in [1.165, 1.54) is 12.8 Å². The highest BCUT2D eigenvalue weighted by atomic mass is 79.9. The summed E-state index contributed by atoms with van der Waals surface area (Å²) in [5.74, 6) is 0.202. The van der Waals surface area contributed by atoms with Gasteiger partial charge in [-0.1, -0.05) is 15.9 Å². The lowest BCUT2D eigenvalue weighted by Gasteiger charge is -2.13. The van der Waals surface area contributed by atoms with Crippen LogP contribution in [-0.2, 0) is 11.3 Å². The van der Waals surface area contributed by atoms with Gasteiger partial charge in [-0.05, 0) is 43.5 Å². The molecule has 1 aliphatic carbocycles. The van der Waals surface area contributed by atoms with Gasteiger partial charge in [0, 0.05) is 17.1 Å². The van der Waals surface area contributed by atoms with Crippen molar-refractivity contribution < 1.29 is 9.53 Å². The number of benzene rings is 1. The minimum atomic E-state index is -0.615. The van der Waals surface area contributed by atoms with Gasteiger partial charge in [0.05, 0.1) is 0 Å². The monoisotopic (exact) mass is 312 g/mol. The summed E-state index contributed by atoms with van der Waals surface area (Å²) in [6, 6.07) is 6.33. The lowest BCUT2D eigenvalue weighted by Crippen LogP contribution is -2.30. The van der Waals surface area contributed by atoms with Crippen LogP contribution in [0.3, 0.4) is 0 Å². The summed E-state index contributed by atoms with van der Waals surface area (Å²) in [5.41, 5.74) is 6.29. The minimum absolute atomic E-state index is 0.462. The molecule has 4 nitrogen and oxygen atoms in total. The first-order chi connectivity index (χ1) is 8.56. The maximum Gasteiger partial charge on any atom is 0.258 e. The molecule has 1 saturated carbocycles. The van der Waals surface area contributed by atoms with Crippen molar-refractivity contribution >= 4 is 21.8 Å². The summed E-state index contributed by atoms with van der Waals surface area (Å²) in [4.78, 5) is 11.0. The summed E-state index contributed by atoms with van der Waals surface area (Å²) in [7, 11) is 0. The third-order valence-corrected chi connectivity index (χ3v) is 3.66. The van der Waals surface area contributed by atoms with Crippen LogP contribution in [0.4, 0.5) is 0 Å². The van der Waals surface area contributed by atoms with Crippen molar-refractivity contribution in [2.75, 3.05) is 0 Å². The molecule has 0 radical (unpaired) electrons. The van der Waals surface area contributed by atoms with Crippen molar-refractivity contribution in [2.45, 2.75) is 38.5 Å². The highest BCUT2D eigenvalue weighted by molar-refractivity contribution is 9.10. The van der Waals surface area contributed by atoms with E-state index in [1.54, 1.807) is 6.92 Å². The number of amides is 1. The Morgan fingerprint density at radius 1 is 1.61 bits per heavy atom. The lowest BCUT2D eigenvalue weighted by molar-refractivity contribution is -0.123. The van der Waals surface area contributed by atoms with E-state index in [4.69, 9.17) is 10.5 Å². The van der Waals surface area contributed by atoms with Crippen LogP contribution in [0.15, 0.2) is 22.7 Å². The van der Waals surface area contributed by atoms with Gasteiger partial charge >= 0.3 is 0 Å². The van der Waals surface area contributed by atoms with Gasteiger partial charge in [-0.3, -0.25) is 4.79 Å². The van der Waals surface area contributed by atoms with E-state index < -0.39 is 12.0 Å². The SMILES string of the molecule is CC(Oc1ccc(Br)c(CNC2CC2)c1)C(N)=O. The molecule has 1 amide bonds. The molecule has 1 unspecified atom stereocenters. The van der Waals surface area contributed by atoms with Crippen molar-refractivity contribution in [3.05, 3.63) is 28.2 Å². The third-order valence-electron chi connectivity index (χ3n) is 2.89. The van der Waals surface area contributed by atoms with E-state index in [0.717, 1.165) is 16.6 Å². The van der Waals surface area contributed by atoms with Crippen molar-refractivity contribution in [1.29, 1.82) is 0 Å². The number of halogens is 1. The number of nitrogens with two attached hydrogens (primary N) is 1. The van der Waals surface area contributed by atoms with Gasteiger partial charge in [0.2, 0.25) is 0 Å². The van der Waals surface area contributed by atoms with Gasteiger partial charge < -0.3 is 15.8 Å². The maximum absolute atomic E-state index is 11.0. The van der Waals surface area contributed by atoms with Gasteiger partial charge in [0.1, 0.15) is 5.75 Å². The average molecular weight is 313 g/mol. The summed E-state index contributed by atoms with van der Waals surface area (Å²) >= 11 is 3.51. The van der Waals surface area contributed by atoms with Gasteiger partial charge in [0.15, 0.2) is 6.10 Å². The zero-order valence-electron chi connectivity index (χ0n) is 10.3. The van der Waals surface area contributed by atoms with E-state index >= 15 is 0 Å². The van der Waals surface area contributed by atoms with Crippen LogP contribution >= 0.6 is 15.9 Å². The molecule has 3 N–H and O–H groups in total. The molecule has 1 aliphatic rings. The fraction of sp³-hybridized carbons (Fsp3) is 0.462. The standard InChI is InChI=1S/C13H17BrN2O2/c1-8(13(15)17)18-11-4-5-12(14)9(6-11)7-16-10-2-3-10/h4-6,8,10,16H,2-3,7H2,1H3,(H2,15,17). The Labute approximate surface area is 115 Å². The highest BCUT2D eigenvalue weighted by Gasteiger charge is 2.20. The summed E-state index contributed by atoms with van der Waals surface area (Å²) in [6.45, 7) is 2.44. The molecule has 0 aromatic heterocycles. The second-order valence-electron chi connectivity index (χ2n) is 4.57. The molecular weight excluding hydrogens is 296 g/mol. The summed E-state index contributed by atoms with van der Waals surface area (Å²) in [5, 5.41) is 3.44. The number of primary amides is 1. The summed E-state index contributed by atoms with van der Waals surface area (Å²) < 4.78 is 6.51. The van der Waals surface area contributed by atoms with Crippen LogP contribution in [0.5, 0.6) is 5.75 Å². The second-order valence-corrected chi connectivity index (χ2v) is 5.43. The number of carbonyl (C=O) groups excluding carboxylic acids is 1. The lowest BCUT2D eigenvalue weighted by atomic mass is 10.2. The molecule has 0 saturated heterocycles. The van der Waals surface area contributed by atoms with Gasteiger partial charge in [-0.15, -0.1) is 0 Å². The zero-order chi connectivity index (χ0) is 13.1. The molecule has 1 aromatic carbocycles. The number of rotatable bonds is 6. The van der Waals surface area contributed by atoms with E-state index in [0.29, 0.717) is 11.8 Å².